The van der Waals surface area contributed by atoms with Crippen molar-refractivity contribution >= 4 is 27.5 Å². The van der Waals surface area contributed by atoms with Gasteiger partial charge in [0.15, 0.2) is 0 Å². The smallest absolute Gasteiger partial charge is 0.260 e. The molecule has 3 aromatic rings. The molecule has 220 valence electrons. The summed E-state index contributed by atoms with van der Waals surface area (Å²) in [5.74, 6) is -0.0426. The number of anilines is 1. The zero-order valence-corrected chi connectivity index (χ0v) is 25.2. The van der Waals surface area contributed by atoms with Crippen molar-refractivity contribution in [1.82, 2.24) is 9.62 Å². The second-order valence-corrected chi connectivity index (χ2v) is 13.7. The van der Waals surface area contributed by atoms with Crippen LogP contribution in [-0.4, -0.2) is 45.5 Å². The number of benzene rings is 3. The average Bonchev–Trinajstić information content (AvgIpc) is 3.65. The Bertz CT molecular complexity index is 1650. The van der Waals surface area contributed by atoms with Gasteiger partial charge in [0.05, 0.1) is 24.1 Å². The molecule has 0 saturated heterocycles. The van der Waals surface area contributed by atoms with Gasteiger partial charge in [0, 0.05) is 17.8 Å². The van der Waals surface area contributed by atoms with Crippen LogP contribution in [0, 0.1) is 0 Å². The zero-order chi connectivity index (χ0) is 29.6. The number of carbonyl (C=O) groups is 2. The van der Waals surface area contributed by atoms with E-state index < -0.39 is 15.4 Å². The normalized spacial score (nSPS) is 17.2. The number of amides is 2. The van der Waals surface area contributed by atoms with Crippen LogP contribution in [0.1, 0.15) is 70.4 Å². The van der Waals surface area contributed by atoms with Crippen LogP contribution in [0.25, 0.3) is 0 Å². The molecule has 1 heterocycles. The van der Waals surface area contributed by atoms with Gasteiger partial charge in [-0.1, -0.05) is 24.3 Å². The number of rotatable bonds is 9. The minimum atomic E-state index is -3.73. The molecule has 2 amide bonds. The highest BCUT2D eigenvalue weighted by atomic mass is 32.2. The van der Waals surface area contributed by atoms with Crippen molar-refractivity contribution in [3.05, 3.63) is 87.5 Å². The van der Waals surface area contributed by atoms with Gasteiger partial charge >= 0.3 is 0 Å². The van der Waals surface area contributed by atoms with E-state index in [1.807, 2.05) is 13.8 Å². The Labute approximate surface area is 247 Å². The first kappa shape index (κ1) is 28.4. The maximum atomic E-state index is 13.3. The maximum Gasteiger partial charge on any atom is 0.260 e. The number of aryl methyl sites for hydroxylation is 2. The Kier molecular flexibility index (Phi) is 7.35. The van der Waals surface area contributed by atoms with Crippen LogP contribution in [0.2, 0.25) is 0 Å². The molecule has 0 saturated carbocycles. The lowest BCUT2D eigenvalue weighted by Crippen LogP contribution is -2.52. The third-order valence-corrected chi connectivity index (χ3v) is 10.4. The van der Waals surface area contributed by atoms with Gasteiger partial charge in [-0.05, 0) is 116 Å². The molecule has 0 atom stereocenters. The van der Waals surface area contributed by atoms with E-state index in [0.717, 1.165) is 49.8 Å². The van der Waals surface area contributed by atoms with Crippen molar-refractivity contribution in [1.29, 1.82) is 0 Å². The fraction of sp³-hybridized carbons (Fsp3) is 0.394. The number of nitrogens with one attached hydrogen (secondary N) is 2. The van der Waals surface area contributed by atoms with Crippen LogP contribution in [0.3, 0.4) is 0 Å². The number of ether oxygens (including phenoxy) is 1. The third-order valence-electron chi connectivity index (χ3n) is 9.01. The van der Waals surface area contributed by atoms with Gasteiger partial charge in [-0.3, -0.25) is 14.5 Å². The van der Waals surface area contributed by atoms with Crippen LogP contribution >= 0.6 is 0 Å². The number of imide groups is 1. The highest BCUT2D eigenvalue weighted by molar-refractivity contribution is 7.89. The summed E-state index contributed by atoms with van der Waals surface area (Å²) in [7, 11) is -2.19. The molecule has 3 aliphatic rings. The van der Waals surface area contributed by atoms with Gasteiger partial charge in [-0.2, -0.15) is 4.72 Å². The Balaban J connectivity index is 1.10. The van der Waals surface area contributed by atoms with Crippen LogP contribution in [0.4, 0.5) is 5.69 Å². The molecule has 0 unspecified atom stereocenters. The Morgan fingerprint density at radius 1 is 0.905 bits per heavy atom. The number of hydrogen-bond acceptors (Lipinski definition) is 6. The van der Waals surface area contributed by atoms with Gasteiger partial charge in [-0.25, -0.2) is 8.42 Å². The highest BCUT2D eigenvalue weighted by Gasteiger charge is 2.44. The molecule has 0 fully saturated rings. The summed E-state index contributed by atoms with van der Waals surface area (Å²) >= 11 is 0. The summed E-state index contributed by atoms with van der Waals surface area (Å²) < 4.78 is 34.1. The molecule has 2 N–H and O–H groups in total. The van der Waals surface area contributed by atoms with Gasteiger partial charge in [0.25, 0.3) is 5.91 Å². The second kappa shape index (κ2) is 10.9. The molecule has 0 aromatic heterocycles. The lowest BCUT2D eigenvalue weighted by atomic mass is 9.77. The van der Waals surface area contributed by atoms with Gasteiger partial charge in [-0.15, -0.1) is 0 Å². The van der Waals surface area contributed by atoms with Crippen LogP contribution in [-0.2, 0) is 52.3 Å². The zero-order valence-electron chi connectivity index (χ0n) is 24.4. The number of sulfonamides is 1. The first-order chi connectivity index (χ1) is 20.1. The molecule has 2 aliphatic carbocycles. The Hall–Kier alpha value is -3.69. The lowest BCUT2D eigenvalue weighted by Gasteiger charge is -2.37. The van der Waals surface area contributed by atoms with Crippen molar-refractivity contribution in [3.8, 4) is 5.75 Å². The van der Waals surface area contributed by atoms with Crippen molar-refractivity contribution in [2.75, 3.05) is 25.6 Å². The van der Waals surface area contributed by atoms with Gasteiger partial charge in [0.2, 0.25) is 15.9 Å². The van der Waals surface area contributed by atoms with E-state index in [0.29, 0.717) is 23.3 Å². The maximum absolute atomic E-state index is 13.3. The minimum Gasteiger partial charge on any atom is -0.497 e. The Morgan fingerprint density at radius 2 is 1.57 bits per heavy atom. The third kappa shape index (κ3) is 4.98. The monoisotopic (exact) mass is 587 g/mol. The van der Waals surface area contributed by atoms with E-state index in [1.165, 1.54) is 27.2 Å². The predicted molar refractivity (Wildman–Crippen MR) is 162 cm³/mol. The van der Waals surface area contributed by atoms with E-state index in [1.54, 1.807) is 49.6 Å². The summed E-state index contributed by atoms with van der Waals surface area (Å²) in [6.07, 6.45) is 6.95. The summed E-state index contributed by atoms with van der Waals surface area (Å²) in [5.41, 5.74) is 7.74. The molecular weight excluding hydrogens is 550 g/mol. The number of methoxy groups -OCH3 is 1. The van der Waals surface area contributed by atoms with Gasteiger partial charge < -0.3 is 10.1 Å². The largest absolute Gasteiger partial charge is 0.497 e. The number of carbonyl (C=O) groups excluding carboxylic acids is 2. The molecule has 3 aromatic carbocycles. The summed E-state index contributed by atoms with van der Waals surface area (Å²) in [6.45, 7) is 3.95. The van der Waals surface area contributed by atoms with Crippen molar-refractivity contribution in [2.24, 2.45) is 0 Å². The highest BCUT2D eigenvalue weighted by Crippen LogP contribution is 2.39. The first-order valence-electron chi connectivity index (χ1n) is 14.6. The van der Waals surface area contributed by atoms with Crippen molar-refractivity contribution in [2.45, 2.75) is 69.1 Å². The lowest BCUT2D eigenvalue weighted by molar-refractivity contribution is -0.134. The van der Waals surface area contributed by atoms with Crippen LogP contribution < -0.4 is 14.8 Å². The van der Waals surface area contributed by atoms with E-state index in [-0.39, 0.29) is 29.9 Å². The molecule has 0 spiro atoms. The van der Waals surface area contributed by atoms with E-state index in [9.17, 15) is 18.0 Å². The number of hydrogen-bond donors (Lipinski definition) is 2. The molecule has 0 bridgehead atoms. The number of fused-ring (bicyclic) bond motifs is 3. The molecule has 1 aliphatic heterocycles. The van der Waals surface area contributed by atoms with Crippen LogP contribution in [0.15, 0.2) is 53.4 Å². The summed E-state index contributed by atoms with van der Waals surface area (Å²) in [4.78, 5) is 28.0. The van der Waals surface area contributed by atoms with E-state index in [4.69, 9.17) is 4.74 Å². The van der Waals surface area contributed by atoms with Crippen molar-refractivity contribution < 1.29 is 22.7 Å². The topological polar surface area (TPSA) is 105 Å². The molecule has 6 rings (SSSR count). The van der Waals surface area contributed by atoms with E-state index in [2.05, 4.69) is 16.1 Å². The molecule has 8 nitrogen and oxygen atoms in total. The first-order valence-corrected chi connectivity index (χ1v) is 16.1. The summed E-state index contributed by atoms with van der Waals surface area (Å²) in [6, 6.07) is 14.2. The molecule has 0 radical (unpaired) electrons. The fourth-order valence-electron chi connectivity index (χ4n) is 6.67. The number of nitrogens with zero attached hydrogens (tertiary/aromatic N) is 1. The standard InChI is InChI=1S/C33H37N3O5S/c1-33(2)29-15-12-24(41-3)19-28(29)31(37)36(32(33)38)17-16-21-10-13-25(14-11-21)42(39,40)35-20-34-30-26-8-4-6-22(26)18-23-7-5-9-27(23)30/h10-15,18-19,34-35H,4-9,16-17,20H2,1-3H3. The SMILES string of the molecule is COc1ccc2c(c1)C(=O)N(CCc1ccc(S(=O)(=O)NCNc3c4c(cc5c3CCC5)CCC4)cc1)C(=O)C2(C)C. The van der Waals surface area contributed by atoms with Gasteiger partial charge in [0.1, 0.15) is 5.75 Å². The molecule has 9 heteroatoms. The minimum absolute atomic E-state index is 0.119. The fourth-order valence-corrected chi connectivity index (χ4v) is 7.60. The average molecular weight is 588 g/mol. The van der Waals surface area contributed by atoms with Crippen LogP contribution in [0.5, 0.6) is 5.75 Å². The summed E-state index contributed by atoms with van der Waals surface area (Å²) in [5, 5.41) is 3.40. The quantitative estimate of drug-likeness (QED) is 0.282. The second-order valence-electron chi connectivity index (χ2n) is 11.9. The molecular formula is C33H37N3O5S. The van der Waals surface area contributed by atoms with Crippen molar-refractivity contribution in [3.63, 3.8) is 0 Å². The van der Waals surface area contributed by atoms with E-state index >= 15 is 0 Å². The Morgan fingerprint density at radius 3 is 2.21 bits per heavy atom. The predicted octanol–water partition coefficient (Wildman–Crippen LogP) is 4.52. The molecule has 42 heavy (non-hydrogen) atoms.